The van der Waals surface area contributed by atoms with E-state index in [1.54, 1.807) is 6.07 Å². The van der Waals surface area contributed by atoms with Crippen molar-refractivity contribution in [3.8, 4) is 0 Å². The van der Waals surface area contributed by atoms with Crippen molar-refractivity contribution in [3.05, 3.63) is 59.9 Å². The van der Waals surface area contributed by atoms with Crippen molar-refractivity contribution >= 4 is 21.6 Å². The first-order chi connectivity index (χ1) is 12.9. The van der Waals surface area contributed by atoms with E-state index in [0.29, 0.717) is 5.92 Å². The van der Waals surface area contributed by atoms with Gasteiger partial charge in [-0.2, -0.15) is 0 Å². The number of carbonyl (C=O) groups excluding carboxylic acids is 1. The smallest absolute Gasteiger partial charge is 0.262 e. The van der Waals surface area contributed by atoms with Crippen LogP contribution in [0, 0.1) is 11.7 Å². The Morgan fingerprint density at radius 2 is 1.81 bits per heavy atom. The van der Waals surface area contributed by atoms with Gasteiger partial charge in [0.1, 0.15) is 5.82 Å². The molecule has 2 N–H and O–H groups in total. The molecule has 2 aromatic carbocycles. The summed E-state index contributed by atoms with van der Waals surface area (Å²) in [5.41, 5.74) is 0.132. The Morgan fingerprint density at radius 1 is 1.07 bits per heavy atom. The number of para-hydroxylation sites is 1. The predicted molar refractivity (Wildman–Crippen MR) is 103 cm³/mol. The Balaban J connectivity index is 1.78. The molecule has 1 fully saturated rings. The minimum Gasteiger partial charge on any atom is -0.349 e. The van der Waals surface area contributed by atoms with Crippen LogP contribution in [0.15, 0.2) is 53.4 Å². The van der Waals surface area contributed by atoms with Gasteiger partial charge in [0.2, 0.25) is 0 Å². The van der Waals surface area contributed by atoms with E-state index in [4.69, 9.17) is 0 Å². The Bertz CT molecular complexity index is 930. The van der Waals surface area contributed by atoms with E-state index in [1.165, 1.54) is 48.9 Å². The average Bonchev–Trinajstić information content (AvgIpc) is 2.65. The fourth-order valence-corrected chi connectivity index (χ4v) is 4.45. The average molecular weight is 390 g/mol. The number of halogens is 1. The van der Waals surface area contributed by atoms with E-state index < -0.39 is 15.8 Å². The number of rotatable bonds is 5. The molecule has 0 aliphatic heterocycles. The normalized spacial score (nSPS) is 20.1. The van der Waals surface area contributed by atoms with E-state index in [9.17, 15) is 17.6 Å². The van der Waals surface area contributed by atoms with E-state index in [-0.39, 0.29) is 28.1 Å². The van der Waals surface area contributed by atoms with Crippen LogP contribution in [0.4, 0.5) is 10.1 Å². The molecule has 1 amide bonds. The minimum absolute atomic E-state index is 0.0879. The van der Waals surface area contributed by atoms with Gasteiger partial charge in [0.05, 0.1) is 10.6 Å². The third kappa shape index (κ3) is 4.66. The van der Waals surface area contributed by atoms with E-state index in [1.807, 2.05) is 0 Å². The van der Waals surface area contributed by atoms with Gasteiger partial charge >= 0.3 is 0 Å². The molecule has 2 unspecified atom stereocenters. The second-order valence-electron chi connectivity index (χ2n) is 6.95. The van der Waals surface area contributed by atoms with Crippen molar-refractivity contribution in [1.29, 1.82) is 0 Å². The number of nitrogens with one attached hydrogen (secondary N) is 2. The van der Waals surface area contributed by atoms with Gasteiger partial charge in [-0.05, 0) is 49.1 Å². The zero-order chi connectivity index (χ0) is 19.4. The van der Waals surface area contributed by atoms with Crippen molar-refractivity contribution in [2.24, 2.45) is 5.92 Å². The summed E-state index contributed by atoms with van der Waals surface area (Å²) in [4.78, 5) is 12.5. The summed E-state index contributed by atoms with van der Waals surface area (Å²) in [5, 5.41) is 3.01. The van der Waals surface area contributed by atoms with E-state index >= 15 is 0 Å². The molecule has 2 aromatic rings. The van der Waals surface area contributed by atoms with Crippen LogP contribution in [0.5, 0.6) is 0 Å². The van der Waals surface area contributed by atoms with Crippen molar-refractivity contribution in [3.63, 3.8) is 0 Å². The van der Waals surface area contributed by atoms with Crippen LogP contribution in [-0.2, 0) is 10.0 Å². The number of amides is 1. The van der Waals surface area contributed by atoms with Crippen LogP contribution in [0.1, 0.15) is 43.0 Å². The number of sulfonamides is 1. The highest BCUT2D eigenvalue weighted by Crippen LogP contribution is 2.24. The maximum Gasteiger partial charge on any atom is 0.262 e. The molecule has 144 valence electrons. The van der Waals surface area contributed by atoms with Crippen molar-refractivity contribution < 1.29 is 17.6 Å². The molecule has 2 atom stereocenters. The van der Waals surface area contributed by atoms with Crippen LogP contribution < -0.4 is 10.0 Å². The molecule has 1 aliphatic carbocycles. The molecule has 0 heterocycles. The molecule has 0 bridgehead atoms. The van der Waals surface area contributed by atoms with Crippen LogP contribution in [0.3, 0.4) is 0 Å². The number of anilines is 1. The first kappa shape index (κ1) is 19.4. The second-order valence-corrected chi connectivity index (χ2v) is 8.64. The highest BCUT2D eigenvalue weighted by Gasteiger charge is 2.24. The Labute approximate surface area is 159 Å². The lowest BCUT2D eigenvalue weighted by molar-refractivity contribution is 0.0910. The summed E-state index contributed by atoms with van der Waals surface area (Å²) in [7, 11) is -4.01. The van der Waals surface area contributed by atoms with Crippen LogP contribution in [0.2, 0.25) is 0 Å². The van der Waals surface area contributed by atoms with Gasteiger partial charge in [-0.1, -0.05) is 38.0 Å². The first-order valence-electron chi connectivity index (χ1n) is 9.05. The van der Waals surface area contributed by atoms with E-state index in [2.05, 4.69) is 17.0 Å². The molecular formula is C20H23FN2O3S. The SMILES string of the molecule is CC1CCCCC1NC(=O)c1cccc(S(=O)(=O)Nc2ccccc2F)c1. The molecule has 0 spiro atoms. The van der Waals surface area contributed by atoms with Gasteiger partial charge in [0.25, 0.3) is 15.9 Å². The lowest BCUT2D eigenvalue weighted by Crippen LogP contribution is -2.41. The number of hydrogen-bond donors (Lipinski definition) is 2. The third-order valence-electron chi connectivity index (χ3n) is 4.95. The molecule has 1 aliphatic rings. The molecule has 3 rings (SSSR count). The van der Waals surface area contributed by atoms with Gasteiger partial charge in [-0.15, -0.1) is 0 Å². The highest BCUT2D eigenvalue weighted by molar-refractivity contribution is 7.92. The fourth-order valence-electron chi connectivity index (χ4n) is 3.33. The number of carbonyl (C=O) groups is 1. The van der Waals surface area contributed by atoms with Gasteiger partial charge < -0.3 is 5.32 Å². The van der Waals surface area contributed by atoms with Gasteiger partial charge in [0.15, 0.2) is 0 Å². The zero-order valence-corrected chi connectivity index (χ0v) is 15.9. The summed E-state index contributed by atoms with van der Waals surface area (Å²) in [6.45, 7) is 2.11. The summed E-state index contributed by atoms with van der Waals surface area (Å²) in [6, 6.07) is 11.4. The van der Waals surface area contributed by atoms with Crippen molar-refractivity contribution in [1.82, 2.24) is 5.32 Å². The predicted octanol–water partition coefficient (Wildman–Crippen LogP) is 3.94. The van der Waals surface area contributed by atoms with Crippen molar-refractivity contribution in [2.75, 3.05) is 4.72 Å². The zero-order valence-electron chi connectivity index (χ0n) is 15.1. The molecule has 27 heavy (non-hydrogen) atoms. The minimum atomic E-state index is -4.01. The summed E-state index contributed by atoms with van der Waals surface area (Å²) >= 11 is 0. The Morgan fingerprint density at radius 3 is 2.56 bits per heavy atom. The lowest BCUT2D eigenvalue weighted by atomic mass is 9.86. The van der Waals surface area contributed by atoms with Gasteiger partial charge in [-0.25, -0.2) is 12.8 Å². The van der Waals surface area contributed by atoms with Gasteiger partial charge in [0, 0.05) is 11.6 Å². The van der Waals surface area contributed by atoms with Gasteiger partial charge in [-0.3, -0.25) is 9.52 Å². The van der Waals surface area contributed by atoms with Crippen molar-refractivity contribution in [2.45, 2.75) is 43.5 Å². The summed E-state index contributed by atoms with van der Waals surface area (Å²) in [6.07, 6.45) is 4.25. The van der Waals surface area contributed by atoms with Crippen LogP contribution in [0.25, 0.3) is 0 Å². The van der Waals surface area contributed by atoms with Crippen LogP contribution in [-0.4, -0.2) is 20.4 Å². The maximum absolute atomic E-state index is 13.7. The maximum atomic E-state index is 13.7. The largest absolute Gasteiger partial charge is 0.349 e. The quantitative estimate of drug-likeness (QED) is 0.812. The molecule has 1 saturated carbocycles. The Kier molecular flexibility index (Phi) is 5.79. The van der Waals surface area contributed by atoms with Crippen LogP contribution >= 0.6 is 0 Å². The summed E-state index contributed by atoms with van der Waals surface area (Å²) in [5.74, 6) is -0.560. The topological polar surface area (TPSA) is 75.3 Å². The Hall–Kier alpha value is -2.41. The lowest BCUT2D eigenvalue weighted by Gasteiger charge is -2.29. The second kappa shape index (κ2) is 8.08. The number of hydrogen-bond acceptors (Lipinski definition) is 3. The molecule has 0 radical (unpaired) electrons. The number of benzene rings is 2. The molecule has 0 aromatic heterocycles. The molecule has 0 saturated heterocycles. The summed E-state index contributed by atoms with van der Waals surface area (Å²) < 4.78 is 41.1. The first-order valence-corrected chi connectivity index (χ1v) is 10.5. The third-order valence-corrected chi connectivity index (χ3v) is 6.32. The molecular weight excluding hydrogens is 367 g/mol. The molecule has 5 nitrogen and oxygen atoms in total. The molecule has 7 heteroatoms. The fraction of sp³-hybridized carbons (Fsp3) is 0.350. The monoisotopic (exact) mass is 390 g/mol. The highest BCUT2D eigenvalue weighted by atomic mass is 32.2. The standard InChI is InChI=1S/C20H23FN2O3S/c1-14-7-2-4-11-18(14)22-20(24)15-8-6-9-16(13-15)27(25,26)23-19-12-5-3-10-17(19)21/h3,5-6,8-10,12-14,18,23H,2,4,7,11H2,1H3,(H,22,24). The van der Waals surface area contributed by atoms with E-state index in [0.717, 1.165) is 19.3 Å².